The number of carbonyl (C=O) groups is 1. The third kappa shape index (κ3) is 3.23. The Balaban J connectivity index is 2.33. The molecule has 1 atom stereocenters. The lowest BCUT2D eigenvalue weighted by Gasteiger charge is -1.99. The van der Waals surface area contributed by atoms with Gasteiger partial charge in [-0.15, -0.1) is 0 Å². The van der Waals surface area contributed by atoms with Gasteiger partial charge in [-0.3, -0.25) is 4.84 Å². The van der Waals surface area contributed by atoms with Crippen LogP contribution in [0.3, 0.4) is 0 Å². The van der Waals surface area contributed by atoms with Crippen LogP contribution in [0.1, 0.15) is 13.3 Å². The molecule has 1 saturated heterocycles. The van der Waals surface area contributed by atoms with Crippen LogP contribution in [-0.2, 0) is 9.57 Å². The minimum Gasteiger partial charge on any atom is -0.360 e. The number of oxime groups is 1. The maximum atomic E-state index is 10.6. The summed E-state index contributed by atoms with van der Waals surface area (Å²) in [5.74, 6) is 0. The zero-order valence-electron chi connectivity index (χ0n) is 7.57. The molecule has 0 saturated carbocycles. The lowest BCUT2D eigenvalue weighted by Crippen LogP contribution is -2.17. The molecule has 1 amide bonds. The van der Waals surface area contributed by atoms with E-state index < -0.39 is 6.09 Å². The number of rotatable bonds is 2. The Morgan fingerprint density at radius 3 is 3.23 bits per heavy atom. The molecule has 13 heavy (non-hydrogen) atoms. The SMILES string of the molecule is CCC1OC/C(=N/OC(=O)NC)S1. The number of ether oxygens (including phenoxy) is 1. The van der Waals surface area contributed by atoms with Crippen molar-refractivity contribution in [3.63, 3.8) is 0 Å². The summed E-state index contributed by atoms with van der Waals surface area (Å²) >= 11 is 1.49. The maximum absolute atomic E-state index is 10.6. The van der Waals surface area contributed by atoms with E-state index in [0.717, 1.165) is 6.42 Å². The number of amides is 1. The van der Waals surface area contributed by atoms with Gasteiger partial charge >= 0.3 is 6.09 Å². The van der Waals surface area contributed by atoms with Gasteiger partial charge < -0.3 is 10.1 Å². The Bertz CT molecular complexity index is 220. The van der Waals surface area contributed by atoms with Crippen LogP contribution < -0.4 is 5.32 Å². The summed E-state index contributed by atoms with van der Waals surface area (Å²) < 4.78 is 5.30. The topological polar surface area (TPSA) is 59.9 Å². The van der Waals surface area contributed by atoms with Crippen LogP contribution in [0.4, 0.5) is 4.79 Å². The van der Waals surface area contributed by atoms with Crippen molar-refractivity contribution in [1.29, 1.82) is 0 Å². The number of hydrogen-bond acceptors (Lipinski definition) is 5. The van der Waals surface area contributed by atoms with E-state index in [1.165, 1.54) is 18.8 Å². The molecule has 0 bridgehead atoms. The van der Waals surface area contributed by atoms with Crippen molar-refractivity contribution in [3.05, 3.63) is 0 Å². The Morgan fingerprint density at radius 1 is 1.92 bits per heavy atom. The fourth-order valence-electron chi connectivity index (χ4n) is 0.771. The molecule has 0 aliphatic carbocycles. The highest BCUT2D eigenvalue weighted by Crippen LogP contribution is 2.25. The Kier molecular flexibility index (Phi) is 4.04. The predicted molar refractivity (Wildman–Crippen MR) is 50.6 cm³/mol. The molecule has 1 fully saturated rings. The van der Waals surface area contributed by atoms with Crippen molar-refractivity contribution in [3.8, 4) is 0 Å². The molecule has 0 aromatic rings. The standard InChI is InChI=1S/C7H12N2O3S/c1-3-6-11-4-5(13-6)9-12-7(10)8-2/h6H,3-4H2,1-2H3,(H,8,10)/b9-5-. The van der Waals surface area contributed by atoms with Crippen molar-refractivity contribution in [2.45, 2.75) is 18.8 Å². The van der Waals surface area contributed by atoms with Crippen LogP contribution in [0.25, 0.3) is 0 Å². The lowest BCUT2D eigenvalue weighted by atomic mass is 10.5. The summed E-state index contributed by atoms with van der Waals surface area (Å²) in [6.07, 6.45) is 0.358. The number of carbonyl (C=O) groups excluding carboxylic acids is 1. The van der Waals surface area contributed by atoms with E-state index >= 15 is 0 Å². The molecule has 0 aromatic heterocycles. The van der Waals surface area contributed by atoms with Gasteiger partial charge in [0.25, 0.3) is 0 Å². The fourth-order valence-corrected chi connectivity index (χ4v) is 1.59. The molecule has 6 heteroatoms. The van der Waals surface area contributed by atoms with Gasteiger partial charge in [-0.05, 0) is 6.42 Å². The zero-order chi connectivity index (χ0) is 9.68. The molecule has 5 nitrogen and oxygen atoms in total. The second-order valence-electron chi connectivity index (χ2n) is 2.38. The van der Waals surface area contributed by atoms with Gasteiger partial charge in [0, 0.05) is 7.05 Å². The van der Waals surface area contributed by atoms with Gasteiger partial charge in [-0.1, -0.05) is 23.8 Å². The first kappa shape index (κ1) is 10.3. The van der Waals surface area contributed by atoms with Crippen LogP contribution in [0.2, 0.25) is 0 Å². The highest BCUT2D eigenvalue weighted by atomic mass is 32.2. The number of nitrogens with zero attached hydrogens (tertiary/aromatic N) is 1. The monoisotopic (exact) mass is 204 g/mol. The van der Waals surface area contributed by atoms with Crippen LogP contribution in [0, 0.1) is 0 Å². The highest BCUT2D eigenvalue weighted by Gasteiger charge is 2.21. The normalized spacial score (nSPS) is 24.8. The molecule has 1 heterocycles. The highest BCUT2D eigenvalue weighted by molar-refractivity contribution is 8.14. The molecule has 1 aliphatic heterocycles. The largest absolute Gasteiger partial charge is 0.433 e. The second kappa shape index (κ2) is 5.08. The average molecular weight is 204 g/mol. The van der Waals surface area contributed by atoms with E-state index in [2.05, 4.69) is 15.3 Å². The van der Waals surface area contributed by atoms with Crippen molar-refractivity contribution in [2.75, 3.05) is 13.7 Å². The van der Waals surface area contributed by atoms with E-state index in [1.54, 1.807) is 0 Å². The molecule has 1 aliphatic rings. The van der Waals surface area contributed by atoms with Gasteiger partial charge in [-0.25, -0.2) is 4.79 Å². The zero-order valence-corrected chi connectivity index (χ0v) is 8.39. The Morgan fingerprint density at radius 2 is 2.69 bits per heavy atom. The Hall–Kier alpha value is -0.750. The van der Waals surface area contributed by atoms with Crippen LogP contribution in [-0.4, -0.2) is 30.2 Å². The molecule has 1 N–H and O–H groups in total. The van der Waals surface area contributed by atoms with Gasteiger partial charge in [0.05, 0.1) is 6.61 Å². The van der Waals surface area contributed by atoms with E-state index in [-0.39, 0.29) is 5.44 Å². The van der Waals surface area contributed by atoms with E-state index in [0.29, 0.717) is 11.7 Å². The molecule has 0 spiro atoms. The summed E-state index contributed by atoms with van der Waals surface area (Å²) in [4.78, 5) is 15.1. The minimum absolute atomic E-state index is 0.145. The molecule has 0 aromatic carbocycles. The van der Waals surface area contributed by atoms with Gasteiger partial charge in [0.1, 0.15) is 10.5 Å². The summed E-state index contributed by atoms with van der Waals surface area (Å²) in [7, 11) is 1.48. The fraction of sp³-hybridized carbons (Fsp3) is 0.714. The minimum atomic E-state index is -0.562. The number of nitrogens with one attached hydrogen (secondary N) is 1. The quantitative estimate of drug-likeness (QED) is 0.541. The number of hydrogen-bond donors (Lipinski definition) is 1. The van der Waals surface area contributed by atoms with Gasteiger partial charge in [-0.2, -0.15) is 0 Å². The van der Waals surface area contributed by atoms with Crippen molar-refractivity contribution in [2.24, 2.45) is 5.16 Å². The molecule has 1 unspecified atom stereocenters. The first-order valence-electron chi connectivity index (χ1n) is 4.00. The molecular weight excluding hydrogens is 192 g/mol. The van der Waals surface area contributed by atoms with Gasteiger partial charge in [0.2, 0.25) is 0 Å². The molecule has 0 radical (unpaired) electrons. The van der Waals surface area contributed by atoms with Crippen molar-refractivity contribution >= 4 is 22.9 Å². The van der Waals surface area contributed by atoms with E-state index in [1.807, 2.05) is 6.92 Å². The van der Waals surface area contributed by atoms with Crippen LogP contribution >= 0.6 is 11.8 Å². The number of thioether (sulfide) groups is 1. The lowest BCUT2D eigenvalue weighted by molar-refractivity contribution is 0.144. The smallest absolute Gasteiger partial charge is 0.360 e. The van der Waals surface area contributed by atoms with Crippen LogP contribution in [0.15, 0.2) is 5.16 Å². The molecular formula is C7H12N2O3S. The first-order valence-corrected chi connectivity index (χ1v) is 4.88. The third-order valence-electron chi connectivity index (χ3n) is 1.43. The second-order valence-corrected chi connectivity index (χ2v) is 3.61. The van der Waals surface area contributed by atoms with Crippen molar-refractivity contribution < 1.29 is 14.4 Å². The first-order chi connectivity index (χ1) is 6.26. The van der Waals surface area contributed by atoms with Crippen LogP contribution in [0.5, 0.6) is 0 Å². The van der Waals surface area contributed by atoms with Crippen molar-refractivity contribution in [1.82, 2.24) is 5.32 Å². The summed E-state index contributed by atoms with van der Waals surface area (Å²) in [5.41, 5.74) is 0.145. The summed E-state index contributed by atoms with van der Waals surface area (Å²) in [6.45, 7) is 2.46. The maximum Gasteiger partial charge on any atom is 0.433 e. The van der Waals surface area contributed by atoms with Gasteiger partial charge in [0.15, 0.2) is 0 Å². The van der Waals surface area contributed by atoms with E-state index in [9.17, 15) is 4.79 Å². The summed E-state index contributed by atoms with van der Waals surface area (Å²) in [6, 6.07) is 0. The predicted octanol–water partition coefficient (Wildman–Crippen LogP) is 1.16. The average Bonchev–Trinajstić information content (AvgIpc) is 2.61. The molecule has 1 rings (SSSR count). The molecule has 74 valence electrons. The third-order valence-corrected chi connectivity index (χ3v) is 2.62. The summed E-state index contributed by atoms with van der Waals surface area (Å²) in [5, 5.41) is 6.63. The van der Waals surface area contributed by atoms with E-state index in [4.69, 9.17) is 4.74 Å². The Labute approximate surface area is 80.8 Å².